The van der Waals surface area contributed by atoms with Crippen molar-refractivity contribution < 1.29 is 0 Å². The number of para-hydroxylation sites is 2. The highest BCUT2D eigenvalue weighted by molar-refractivity contribution is 5.88. The normalized spacial score (nSPS) is 10.6. The molecular weight excluding hydrogens is 278 g/mol. The highest BCUT2D eigenvalue weighted by Crippen LogP contribution is 2.35. The van der Waals surface area contributed by atoms with E-state index in [1.54, 1.807) is 0 Å². The number of rotatable bonds is 3. The molecule has 0 saturated carbocycles. The second kappa shape index (κ2) is 5.98. The predicted octanol–water partition coefficient (Wildman–Crippen LogP) is 6.11. The van der Waals surface area contributed by atoms with Gasteiger partial charge in [0.1, 0.15) is 0 Å². The van der Waals surface area contributed by atoms with Crippen LogP contribution in [0.5, 0.6) is 0 Å². The van der Waals surface area contributed by atoms with Gasteiger partial charge in [-0.25, -0.2) is 0 Å². The zero-order chi connectivity index (χ0) is 15.5. The molecule has 4 aromatic carbocycles. The minimum absolute atomic E-state index is 1.14. The molecule has 0 amide bonds. The number of anilines is 3. The van der Waals surface area contributed by atoms with Crippen LogP contribution in [0, 0.1) is 6.07 Å². The minimum atomic E-state index is 1.14. The lowest BCUT2D eigenvalue weighted by molar-refractivity contribution is 1.29. The van der Waals surface area contributed by atoms with Crippen LogP contribution in [0.3, 0.4) is 0 Å². The number of fused-ring (bicyclic) bond motifs is 1. The number of benzene rings is 4. The summed E-state index contributed by atoms with van der Waals surface area (Å²) in [5.41, 5.74) is 3.45. The quantitative estimate of drug-likeness (QED) is 0.440. The van der Waals surface area contributed by atoms with Gasteiger partial charge >= 0.3 is 0 Å². The summed E-state index contributed by atoms with van der Waals surface area (Å²) in [6, 6.07) is 36.8. The van der Waals surface area contributed by atoms with Gasteiger partial charge in [-0.2, -0.15) is 0 Å². The van der Waals surface area contributed by atoms with Crippen molar-refractivity contribution in [2.45, 2.75) is 0 Å². The van der Waals surface area contributed by atoms with Gasteiger partial charge in [-0.1, -0.05) is 60.7 Å². The van der Waals surface area contributed by atoms with E-state index in [2.05, 4.69) is 83.8 Å². The summed E-state index contributed by atoms with van der Waals surface area (Å²) in [5, 5.41) is 2.33. The Morgan fingerprint density at radius 2 is 1.22 bits per heavy atom. The fourth-order valence-corrected chi connectivity index (χ4v) is 2.85. The highest BCUT2D eigenvalue weighted by Gasteiger charge is 2.11. The van der Waals surface area contributed by atoms with Crippen molar-refractivity contribution in [3.05, 3.63) is 103 Å². The van der Waals surface area contributed by atoms with Gasteiger partial charge < -0.3 is 4.90 Å². The second-order valence-electron chi connectivity index (χ2n) is 5.45. The Morgan fingerprint density at radius 1 is 0.565 bits per heavy atom. The van der Waals surface area contributed by atoms with Gasteiger partial charge in [-0.3, -0.25) is 0 Å². The van der Waals surface area contributed by atoms with Crippen molar-refractivity contribution in [3.63, 3.8) is 0 Å². The molecule has 23 heavy (non-hydrogen) atoms. The molecule has 0 atom stereocenters. The van der Waals surface area contributed by atoms with Crippen LogP contribution in [0.15, 0.2) is 97.1 Å². The lowest BCUT2D eigenvalue weighted by atomic mass is 10.1. The smallest absolute Gasteiger partial charge is 0.0468 e. The average molecular weight is 294 g/mol. The third-order valence-electron chi connectivity index (χ3n) is 3.93. The van der Waals surface area contributed by atoms with Gasteiger partial charge in [0.2, 0.25) is 0 Å². The molecule has 0 aliphatic rings. The maximum Gasteiger partial charge on any atom is 0.0468 e. The van der Waals surface area contributed by atoms with E-state index in [0.717, 1.165) is 22.4 Å². The van der Waals surface area contributed by atoms with E-state index in [4.69, 9.17) is 0 Å². The molecule has 0 N–H and O–H groups in total. The average Bonchev–Trinajstić information content (AvgIpc) is 2.64. The lowest BCUT2D eigenvalue weighted by Crippen LogP contribution is -2.09. The first-order chi connectivity index (χ1) is 11.4. The molecule has 1 radical (unpaired) electrons. The first-order valence-electron chi connectivity index (χ1n) is 7.72. The molecule has 4 rings (SSSR count). The van der Waals surface area contributed by atoms with E-state index in [9.17, 15) is 0 Å². The molecule has 0 bridgehead atoms. The van der Waals surface area contributed by atoms with Gasteiger partial charge in [0.25, 0.3) is 0 Å². The van der Waals surface area contributed by atoms with Crippen molar-refractivity contribution in [3.8, 4) is 0 Å². The van der Waals surface area contributed by atoms with E-state index in [1.807, 2.05) is 24.3 Å². The molecule has 0 spiro atoms. The molecule has 0 fully saturated rings. The first-order valence-corrected chi connectivity index (χ1v) is 7.72. The molecule has 4 aromatic rings. The zero-order valence-corrected chi connectivity index (χ0v) is 12.7. The van der Waals surface area contributed by atoms with Crippen LogP contribution in [-0.4, -0.2) is 0 Å². The minimum Gasteiger partial charge on any atom is -0.310 e. The fourth-order valence-electron chi connectivity index (χ4n) is 2.85. The summed E-state index contributed by atoms with van der Waals surface area (Å²) in [6.07, 6.45) is 0. The van der Waals surface area contributed by atoms with Crippen LogP contribution in [-0.2, 0) is 0 Å². The molecule has 0 aliphatic carbocycles. The number of hydrogen-bond acceptors (Lipinski definition) is 1. The monoisotopic (exact) mass is 294 g/mol. The fraction of sp³-hybridized carbons (Fsp3) is 0. The Morgan fingerprint density at radius 3 is 1.87 bits per heavy atom. The Hall–Kier alpha value is -3.06. The molecule has 0 aromatic heterocycles. The standard InChI is InChI=1S/C22H16N/c1-3-11-20(12-4-1)23(21-13-5-2-6-14-21)22-16-15-18-9-7-8-10-19(18)17-22/h1-8,10-17H. The Labute approximate surface area is 136 Å². The van der Waals surface area contributed by atoms with Crippen LogP contribution < -0.4 is 4.90 Å². The summed E-state index contributed by atoms with van der Waals surface area (Å²) in [4.78, 5) is 2.27. The maximum absolute atomic E-state index is 3.28. The topological polar surface area (TPSA) is 3.24 Å². The van der Waals surface area contributed by atoms with E-state index in [1.165, 1.54) is 5.39 Å². The van der Waals surface area contributed by atoms with Crippen LogP contribution in [0.1, 0.15) is 0 Å². The number of hydrogen-bond donors (Lipinski definition) is 0. The molecule has 0 saturated heterocycles. The SMILES string of the molecule is [c]1cccc2cc(N(c3ccccc3)c3ccccc3)ccc12. The van der Waals surface area contributed by atoms with Crippen LogP contribution >= 0.6 is 0 Å². The molecule has 1 heteroatoms. The van der Waals surface area contributed by atoms with E-state index in [0.29, 0.717) is 0 Å². The molecule has 0 aliphatic heterocycles. The van der Waals surface area contributed by atoms with Crippen molar-refractivity contribution in [1.29, 1.82) is 0 Å². The summed E-state index contributed by atoms with van der Waals surface area (Å²) in [5.74, 6) is 0. The molecular formula is C22H16N. The van der Waals surface area contributed by atoms with Gasteiger partial charge in [0, 0.05) is 17.1 Å². The van der Waals surface area contributed by atoms with Gasteiger partial charge in [0.05, 0.1) is 0 Å². The van der Waals surface area contributed by atoms with Gasteiger partial charge in [0.15, 0.2) is 0 Å². The predicted molar refractivity (Wildman–Crippen MR) is 97.5 cm³/mol. The third-order valence-corrected chi connectivity index (χ3v) is 3.93. The summed E-state index contributed by atoms with van der Waals surface area (Å²) < 4.78 is 0. The van der Waals surface area contributed by atoms with Crippen molar-refractivity contribution >= 4 is 27.8 Å². The van der Waals surface area contributed by atoms with Crippen LogP contribution in [0.2, 0.25) is 0 Å². The maximum atomic E-state index is 3.28. The van der Waals surface area contributed by atoms with E-state index < -0.39 is 0 Å². The Bertz CT molecular complexity index is 874. The second-order valence-corrected chi connectivity index (χ2v) is 5.45. The van der Waals surface area contributed by atoms with Crippen molar-refractivity contribution in [1.82, 2.24) is 0 Å². The van der Waals surface area contributed by atoms with E-state index in [-0.39, 0.29) is 0 Å². The molecule has 0 unspecified atom stereocenters. The summed E-state index contributed by atoms with van der Waals surface area (Å²) in [7, 11) is 0. The van der Waals surface area contributed by atoms with Crippen molar-refractivity contribution in [2.24, 2.45) is 0 Å². The molecule has 0 heterocycles. The summed E-state index contributed by atoms with van der Waals surface area (Å²) in [6.45, 7) is 0. The van der Waals surface area contributed by atoms with E-state index >= 15 is 0 Å². The third kappa shape index (κ3) is 2.69. The first kappa shape index (κ1) is 13.6. The highest BCUT2D eigenvalue weighted by atomic mass is 15.1. The Balaban J connectivity index is 1.90. The van der Waals surface area contributed by atoms with Crippen LogP contribution in [0.4, 0.5) is 17.1 Å². The van der Waals surface area contributed by atoms with Gasteiger partial charge in [-0.15, -0.1) is 0 Å². The zero-order valence-electron chi connectivity index (χ0n) is 12.7. The van der Waals surface area contributed by atoms with Crippen LogP contribution in [0.25, 0.3) is 10.8 Å². The Kier molecular flexibility index (Phi) is 3.53. The van der Waals surface area contributed by atoms with Gasteiger partial charge in [-0.05, 0) is 53.2 Å². The largest absolute Gasteiger partial charge is 0.310 e. The summed E-state index contributed by atoms with van der Waals surface area (Å²) >= 11 is 0. The lowest BCUT2D eigenvalue weighted by Gasteiger charge is -2.25. The molecule has 1 nitrogen and oxygen atoms in total. The van der Waals surface area contributed by atoms with Crippen molar-refractivity contribution in [2.75, 3.05) is 4.90 Å². The number of nitrogens with zero attached hydrogens (tertiary/aromatic N) is 1. The molecule has 109 valence electrons.